The standard InChI is InChI=1S/C9H15/c1-2-9-7-5-3-4-6-8-9/h3-4,9H,1-2,5-8H2. The van der Waals surface area contributed by atoms with Gasteiger partial charge in [-0.2, -0.15) is 0 Å². The van der Waals surface area contributed by atoms with Crippen molar-refractivity contribution in [1.29, 1.82) is 0 Å². The summed E-state index contributed by atoms with van der Waals surface area (Å²) in [7, 11) is 0. The molecule has 0 bridgehead atoms. The molecule has 0 saturated carbocycles. The SMILES string of the molecule is [CH2]CC1CCC=CCC1. The normalized spacial score (nSPS) is 21.9. The van der Waals surface area contributed by atoms with Gasteiger partial charge in [0, 0.05) is 0 Å². The van der Waals surface area contributed by atoms with Crippen molar-refractivity contribution < 1.29 is 0 Å². The molecule has 1 radical (unpaired) electrons. The summed E-state index contributed by atoms with van der Waals surface area (Å²) in [5, 5.41) is 0. The van der Waals surface area contributed by atoms with Gasteiger partial charge in [-0.15, -0.1) is 0 Å². The van der Waals surface area contributed by atoms with E-state index in [1.807, 2.05) is 0 Å². The van der Waals surface area contributed by atoms with Gasteiger partial charge in [-0.3, -0.25) is 0 Å². The van der Waals surface area contributed by atoms with E-state index in [1.54, 1.807) is 0 Å². The first kappa shape index (κ1) is 6.85. The molecule has 1 rings (SSSR count). The number of hydrogen-bond donors (Lipinski definition) is 0. The molecular weight excluding hydrogens is 108 g/mol. The summed E-state index contributed by atoms with van der Waals surface area (Å²) in [6, 6.07) is 0. The van der Waals surface area contributed by atoms with E-state index < -0.39 is 0 Å². The first-order valence-electron chi connectivity index (χ1n) is 3.87. The lowest BCUT2D eigenvalue weighted by molar-refractivity contribution is 0.472. The average molecular weight is 123 g/mol. The summed E-state index contributed by atoms with van der Waals surface area (Å²) in [5.74, 6) is 0.903. The molecule has 0 N–H and O–H groups in total. The third-order valence-electron chi connectivity index (χ3n) is 2.06. The molecule has 0 amide bonds. The van der Waals surface area contributed by atoms with E-state index in [9.17, 15) is 0 Å². The lowest BCUT2D eigenvalue weighted by Crippen LogP contribution is -1.95. The summed E-state index contributed by atoms with van der Waals surface area (Å²) in [6.45, 7) is 3.92. The van der Waals surface area contributed by atoms with Crippen molar-refractivity contribution in [2.45, 2.75) is 32.1 Å². The quantitative estimate of drug-likeness (QED) is 0.470. The molecule has 0 saturated heterocycles. The lowest BCUT2D eigenvalue weighted by Gasteiger charge is -2.08. The van der Waals surface area contributed by atoms with Gasteiger partial charge in [-0.1, -0.05) is 25.5 Å². The van der Waals surface area contributed by atoms with Crippen LogP contribution < -0.4 is 0 Å². The molecule has 1 aliphatic carbocycles. The maximum atomic E-state index is 3.92. The monoisotopic (exact) mass is 123 g/mol. The Bertz CT molecular complexity index is 82.2. The van der Waals surface area contributed by atoms with Crippen LogP contribution in [0.25, 0.3) is 0 Å². The Morgan fingerprint density at radius 3 is 2.22 bits per heavy atom. The smallest absolute Gasteiger partial charge is 0.0348 e. The molecule has 0 fully saturated rings. The summed E-state index contributed by atoms with van der Waals surface area (Å²) < 4.78 is 0. The molecule has 0 nitrogen and oxygen atoms in total. The average Bonchev–Trinajstić information content (AvgIpc) is 2.13. The fourth-order valence-corrected chi connectivity index (χ4v) is 1.33. The molecule has 1 aliphatic rings. The zero-order chi connectivity index (χ0) is 6.53. The highest BCUT2D eigenvalue weighted by atomic mass is 14.1. The zero-order valence-corrected chi connectivity index (χ0v) is 5.97. The first-order chi connectivity index (χ1) is 4.43. The Balaban J connectivity index is 2.26. The number of hydrogen-bond acceptors (Lipinski definition) is 0. The van der Waals surface area contributed by atoms with Crippen LogP contribution in [0.1, 0.15) is 32.1 Å². The van der Waals surface area contributed by atoms with Crippen molar-refractivity contribution in [1.82, 2.24) is 0 Å². The summed E-state index contributed by atoms with van der Waals surface area (Å²) >= 11 is 0. The van der Waals surface area contributed by atoms with Gasteiger partial charge >= 0.3 is 0 Å². The fourth-order valence-electron chi connectivity index (χ4n) is 1.33. The summed E-state index contributed by atoms with van der Waals surface area (Å²) in [4.78, 5) is 0. The maximum Gasteiger partial charge on any atom is -0.0348 e. The molecule has 0 aromatic carbocycles. The second kappa shape index (κ2) is 3.71. The van der Waals surface area contributed by atoms with Crippen LogP contribution in [0.15, 0.2) is 12.2 Å². The highest BCUT2D eigenvalue weighted by Crippen LogP contribution is 2.20. The van der Waals surface area contributed by atoms with Crippen molar-refractivity contribution in [3.05, 3.63) is 19.1 Å². The second-order valence-electron chi connectivity index (χ2n) is 2.78. The third-order valence-corrected chi connectivity index (χ3v) is 2.06. The number of allylic oxidation sites excluding steroid dienone is 2. The fraction of sp³-hybridized carbons (Fsp3) is 0.667. The van der Waals surface area contributed by atoms with Crippen LogP contribution in [0.2, 0.25) is 0 Å². The van der Waals surface area contributed by atoms with E-state index in [0.29, 0.717) is 0 Å². The highest BCUT2D eigenvalue weighted by molar-refractivity contribution is 4.86. The van der Waals surface area contributed by atoms with Crippen LogP contribution in [0.3, 0.4) is 0 Å². The Morgan fingerprint density at radius 1 is 1.22 bits per heavy atom. The van der Waals surface area contributed by atoms with Gasteiger partial charge in [-0.05, 0) is 31.6 Å². The molecule has 0 atom stereocenters. The molecule has 0 unspecified atom stereocenters. The molecule has 0 spiro atoms. The topological polar surface area (TPSA) is 0 Å². The summed E-state index contributed by atoms with van der Waals surface area (Å²) in [6.07, 6.45) is 11.0. The van der Waals surface area contributed by atoms with Crippen LogP contribution in [0.4, 0.5) is 0 Å². The predicted octanol–water partition coefficient (Wildman–Crippen LogP) is 2.96. The van der Waals surface area contributed by atoms with E-state index in [0.717, 1.165) is 12.3 Å². The molecule has 0 aromatic heterocycles. The highest BCUT2D eigenvalue weighted by Gasteiger charge is 2.05. The van der Waals surface area contributed by atoms with Gasteiger partial charge in [0.1, 0.15) is 0 Å². The molecular formula is C9H15. The van der Waals surface area contributed by atoms with Crippen molar-refractivity contribution in [2.24, 2.45) is 5.92 Å². The van der Waals surface area contributed by atoms with Crippen LogP contribution in [0, 0.1) is 12.8 Å². The molecule has 0 aliphatic heterocycles. The van der Waals surface area contributed by atoms with E-state index in [4.69, 9.17) is 0 Å². The largest absolute Gasteiger partial charge is 0.0885 e. The van der Waals surface area contributed by atoms with E-state index in [2.05, 4.69) is 19.1 Å². The molecule has 0 heteroatoms. The van der Waals surface area contributed by atoms with E-state index in [1.165, 1.54) is 25.7 Å². The molecule has 9 heavy (non-hydrogen) atoms. The van der Waals surface area contributed by atoms with Crippen LogP contribution in [0.5, 0.6) is 0 Å². The maximum absolute atomic E-state index is 3.92. The van der Waals surface area contributed by atoms with Crippen LogP contribution in [-0.4, -0.2) is 0 Å². The predicted molar refractivity (Wildman–Crippen MR) is 41.1 cm³/mol. The van der Waals surface area contributed by atoms with Crippen molar-refractivity contribution in [3.63, 3.8) is 0 Å². The summed E-state index contributed by atoms with van der Waals surface area (Å²) in [5.41, 5.74) is 0. The van der Waals surface area contributed by atoms with E-state index in [-0.39, 0.29) is 0 Å². The van der Waals surface area contributed by atoms with Crippen molar-refractivity contribution >= 4 is 0 Å². The third kappa shape index (κ3) is 2.21. The van der Waals surface area contributed by atoms with Gasteiger partial charge in [0.2, 0.25) is 0 Å². The molecule has 51 valence electrons. The lowest BCUT2D eigenvalue weighted by atomic mass is 9.98. The Morgan fingerprint density at radius 2 is 1.78 bits per heavy atom. The van der Waals surface area contributed by atoms with Crippen LogP contribution >= 0.6 is 0 Å². The van der Waals surface area contributed by atoms with E-state index >= 15 is 0 Å². The van der Waals surface area contributed by atoms with Gasteiger partial charge < -0.3 is 0 Å². The van der Waals surface area contributed by atoms with Gasteiger partial charge in [0.25, 0.3) is 0 Å². The van der Waals surface area contributed by atoms with Gasteiger partial charge in [0.05, 0.1) is 0 Å². The molecule has 0 heterocycles. The number of rotatable bonds is 1. The first-order valence-corrected chi connectivity index (χ1v) is 3.87. The minimum Gasteiger partial charge on any atom is -0.0885 e. The van der Waals surface area contributed by atoms with Gasteiger partial charge in [0.15, 0.2) is 0 Å². The van der Waals surface area contributed by atoms with Crippen molar-refractivity contribution in [3.8, 4) is 0 Å². The Labute approximate surface area is 58.0 Å². The minimum absolute atomic E-state index is 0.903. The zero-order valence-electron chi connectivity index (χ0n) is 5.97. The Kier molecular flexibility index (Phi) is 2.82. The van der Waals surface area contributed by atoms with Gasteiger partial charge in [-0.25, -0.2) is 0 Å². The van der Waals surface area contributed by atoms with Crippen LogP contribution in [-0.2, 0) is 0 Å². The Hall–Kier alpha value is -0.260. The minimum atomic E-state index is 0.903. The second-order valence-corrected chi connectivity index (χ2v) is 2.78. The molecule has 0 aromatic rings. The van der Waals surface area contributed by atoms with Crippen molar-refractivity contribution in [2.75, 3.05) is 0 Å².